The topological polar surface area (TPSA) is 155 Å². The summed E-state index contributed by atoms with van der Waals surface area (Å²) >= 11 is 0. The van der Waals surface area contributed by atoms with E-state index >= 15 is 0 Å². The highest BCUT2D eigenvalue weighted by Crippen LogP contribution is 2.42. The van der Waals surface area contributed by atoms with Crippen LogP contribution in [0.5, 0.6) is 0 Å². The molecule has 4 N–H and O–H groups in total. The number of ether oxygens (including phenoxy) is 6. The van der Waals surface area contributed by atoms with Crippen LogP contribution >= 0.6 is 0 Å². The van der Waals surface area contributed by atoms with Gasteiger partial charge >= 0.3 is 5.97 Å². The number of carbonyl (C=O) groups is 2. The average Bonchev–Trinajstić information content (AvgIpc) is 3.73. The molecule has 0 amide bonds. The van der Waals surface area contributed by atoms with Crippen LogP contribution in [0.2, 0.25) is 0 Å². The van der Waals surface area contributed by atoms with Gasteiger partial charge in [0.1, 0.15) is 30.5 Å². The van der Waals surface area contributed by atoms with Crippen LogP contribution < -0.4 is 5.73 Å². The van der Waals surface area contributed by atoms with Gasteiger partial charge in [0.05, 0.1) is 30.5 Å². The zero-order valence-electron chi connectivity index (χ0n) is 33.2. The van der Waals surface area contributed by atoms with E-state index in [1.54, 1.807) is 13.8 Å². The molecule has 53 heavy (non-hydrogen) atoms. The lowest BCUT2D eigenvalue weighted by atomic mass is 9.73. The molecule has 4 heterocycles. The number of nitrogens with two attached hydrogens (primary N) is 1. The van der Waals surface area contributed by atoms with Gasteiger partial charge in [-0.1, -0.05) is 58.0 Å². The molecule has 3 saturated heterocycles. The van der Waals surface area contributed by atoms with Crippen LogP contribution in [0.3, 0.4) is 0 Å². The van der Waals surface area contributed by atoms with E-state index in [4.69, 9.17) is 34.2 Å². The van der Waals surface area contributed by atoms with Crippen molar-refractivity contribution in [2.75, 3.05) is 27.5 Å². The highest BCUT2D eigenvalue weighted by atomic mass is 16.7. The molecule has 0 bridgehead atoms. The van der Waals surface area contributed by atoms with Crippen molar-refractivity contribution in [1.29, 1.82) is 0 Å². The van der Waals surface area contributed by atoms with Crippen LogP contribution in [0.25, 0.3) is 17.0 Å². The summed E-state index contributed by atoms with van der Waals surface area (Å²) in [6.07, 6.45) is 2.98. The fraction of sp³-hybridized carbons (Fsp3) is 0.707. The van der Waals surface area contributed by atoms with Crippen molar-refractivity contribution in [3.05, 3.63) is 42.1 Å². The minimum absolute atomic E-state index is 0.0434. The number of para-hydroxylation sites is 1. The van der Waals surface area contributed by atoms with Crippen LogP contribution in [0.4, 0.5) is 0 Å². The van der Waals surface area contributed by atoms with Gasteiger partial charge in [-0.15, -0.1) is 0 Å². The zero-order valence-corrected chi connectivity index (χ0v) is 33.2. The maximum Gasteiger partial charge on any atom is 0.316 e. The summed E-state index contributed by atoms with van der Waals surface area (Å²) in [5.41, 5.74) is 7.04. The number of cyclic esters (lactones) is 1. The number of ketones is 1. The van der Waals surface area contributed by atoms with E-state index in [9.17, 15) is 14.7 Å². The van der Waals surface area contributed by atoms with Crippen molar-refractivity contribution in [1.82, 2.24) is 9.88 Å². The Bertz CT molecular complexity index is 1580. The Morgan fingerprint density at radius 3 is 2.53 bits per heavy atom. The van der Waals surface area contributed by atoms with Gasteiger partial charge in [-0.05, 0) is 78.6 Å². The summed E-state index contributed by atoms with van der Waals surface area (Å²) in [5.74, 6) is -3.38. The van der Waals surface area contributed by atoms with Gasteiger partial charge in [0, 0.05) is 41.0 Å². The van der Waals surface area contributed by atoms with Gasteiger partial charge in [0.2, 0.25) is 0 Å². The molecule has 1 aromatic carbocycles. The predicted octanol–water partition coefficient (Wildman–Crippen LogP) is 5.07. The van der Waals surface area contributed by atoms with E-state index < -0.39 is 65.8 Å². The summed E-state index contributed by atoms with van der Waals surface area (Å²) < 4.78 is 38.4. The van der Waals surface area contributed by atoms with E-state index in [0.717, 1.165) is 16.5 Å². The van der Waals surface area contributed by atoms with Gasteiger partial charge < -0.3 is 49.1 Å². The van der Waals surface area contributed by atoms with E-state index in [1.165, 1.54) is 0 Å². The molecular weight excluding hydrogens is 678 g/mol. The number of nitrogens with one attached hydrogen (secondary N) is 1. The number of aliphatic hydroxyl groups is 1. The van der Waals surface area contributed by atoms with Gasteiger partial charge in [0.25, 0.3) is 0 Å². The standard InChI is InChI=1S/C41H63N3O9/c1-11-32-41(8)37(48-22-50-41)25(4)33(42)23(2)20-40(7,49-18-14-15-28-21-43-30-17-13-12-16-29(28)30)36(26(5)34(45)27(6)38(47)52-32)53-39-35(46)31(44(9)10)19-24(3)51-39/h12-17,21,23-27,31-33,35-37,39,43,46H,11,18-20,22,42H2,1-10H3/b15-14+/t23-,24-,25-,26+,27-,31+,32+,33+,35-,36-,37?,39+,40+,41-/m1/s1. The molecule has 2 aromatic rings. The Labute approximate surface area is 315 Å². The number of carbonyl (C=O) groups excluding carboxylic acids is 2. The van der Waals surface area contributed by atoms with Gasteiger partial charge in [0.15, 0.2) is 12.1 Å². The number of esters is 1. The lowest BCUT2D eigenvalue weighted by Gasteiger charge is -2.48. The minimum Gasteiger partial charge on any atom is -0.459 e. The Balaban J connectivity index is 1.55. The van der Waals surface area contributed by atoms with Gasteiger partial charge in [-0.25, -0.2) is 0 Å². The number of hydrogen-bond donors (Lipinski definition) is 3. The predicted molar refractivity (Wildman–Crippen MR) is 203 cm³/mol. The maximum absolute atomic E-state index is 14.4. The molecule has 296 valence electrons. The Kier molecular flexibility index (Phi) is 13.3. The van der Waals surface area contributed by atoms with Crippen LogP contribution in [0, 0.1) is 23.7 Å². The number of nitrogens with zero attached hydrogens (tertiary/aromatic N) is 1. The number of aromatic amines is 1. The quantitative estimate of drug-likeness (QED) is 0.246. The number of aromatic nitrogens is 1. The molecule has 5 rings (SSSR count). The summed E-state index contributed by atoms with van der Waals surface area (Å²) in [6, 6.07) is 7.43. The first-order valence-corrected chi connectivity index (χ1v) is 19.3. The van der Waals surface area contributed by atoms with Gasteiger partial charge in [-0.2, -0.15) is 0 Å². The largest absolute Gasteiger partial charge is 0.459 e. The number of likely N-dealkylation sites (N-methyl/N-ethyl adjacent to an activating group) is 1. The summed E-state index contributed by atoms with van der Waals surface area (Å²) in [7, 11) is 3.82. The number of hydrogen-bond acceptors (Lipinski definition) is 11. The van der Waals surface area contributed by atoms with Crippen molar-refractivity contribution in [2.24, 2.45) is 29.4 Å². The number of aliphatic hydroxyl groups excluding tert-OH is 1. The Morgan fingerprint density at radius 2 is 1.83 bits per heavy atom. The summed E-state index contributed by atoms with van der Waals surface area (Å²) in [4.78, 5) is 33.5. The Hall–Kier alpha value is -2.68. The van der Waals surface area contributed by atoms with Crippen molar-refractivity contribution >= 4 is 28.7 Å². The number of H-pyrrole nitrogens is 1. The molecule has 0 radical (unpaired) electrons. The first kappa shape index (κ1) is 41.5. The molecule has 3 aliphatic rings. The zero-order chi connectivity index (χ0) is 38.8. The molecular formula is C41H63N3O9. The molecule has 1 unspecified atom stereocenters. The second-order valence-electron chi connectivity index (χ2n) is 16.3. The van der Waals surface area contributed by atoms with Crippen LogP contribution in [-0.4, -0.2) is 114 Å². The van der Waals surface area contributed by atoms with Crippen molar-refractivity contribution < 1.29 is 43.1 Å². The smallest absolute Gasteiger partial charge is 0.316 e. The van der Waals surface area contributed by atoms with Crippen LogP contribution in [0.15, 0.2) is 36.5 Å². The highest BCUT2D eigenvalue weighted by molar-refractivity contribution is 6.00. The third-order valence-corrected chi connectivity index (χ3v) is 12.2. The summed E-state index contributed by atoms with van der Waals surface area (Å²) in [6.45, 7) is 15.4. The van der Waals surface area contributed by atoms with Crippen LogP contribution in [-0.2, 0) is 38.0 Å². The molecule has 0 saturated carbocycles. The SMILES string of the molecule is CC[C@@H]1OC(=O)[C@H](C)C(=O)[C@H](C)[C@@H](O[C@@H]2O[C@H](C)C[C@H](N(C)C)[C@H]2O)[C@@](C)(OC/C=C/c2c[nH]c3ccccc23)C[C@@H](C)[C@H](N)[C@@H](C)C2OCO[C@@]21C. The fourth-order valence-electron chi connectivity index (χ4n) is 8.93. The molecule has 3 aliphatic heterocycles. The van der Waals surface area contributed by atoms with E-state index in [0.29, 0.717) is 19.3 Å². The maximum atomic E-state index is 14.4. The van der Waals surface area contributed by atoms with E-state index in [2.05, 4.69) is 18.0 Å². The lowest BCUT2D eigenvalue weighted by molar-refractivity contribution is -0.297. The fourth-order valence-corrected chi connectivity index (χ4v) is 8.93. The third-order valence-electron chi connectivity index (χ3n) is 12.2. The van der Waals surface area contributed by atoms with Gasteiger partial charge in [-0.3, -0.25) is 9.59 Å². The Morgan fingerprint density at radius 1 is 1.11 bits per heavy atom. The number of benzene rings is 1. The molecule has 12 nitrogen and oxygen atoms in total. The van der Waals surface area contributed by atoms with Crippen molar-refractivity contribution in [3.8, 4) is 0 Å². The van der Waals surface area contributed by atoms with Crippen molar-refractivity contribution in [2.45, 2.75) is 135 Å². The van der Waals surface area contributed by atoms with E-state index in [-0.39, 0.29) is 43.2 Å². The molecule has 3 fully saturated rings. The molecule has 0 spiro atoms. The molecule has 1 aromatic heterocycles. The highest BCUT2D eigenvalue weighted by Gasteiger charge is 2.55. The normalized spacial score (nSPS) is 40.8. The van der Waals surface area contributed by atoms with Crippen molar-refractivity contribution in [3.63, 3.8) is 0 Å². The monoisotopic (exact) mass is 741 g/mol. The molecule has 0 aliphatic carbocycles. The molecule has 12 heteroatoms. The minimum atomic E-state index is -1.15. The third kappa shape index (κ3) is 8.60. The summed E-state index contributed by atoms with van der Waals surface area (Å²) in [5, 5.41) is 12.7. The molecule has 14 atom stereocenters. The number of Topliss-reactive ketones (excluding diaryl/α,β-unsaturated/α-hetero) is 1. The number of fused-ring (bicyclic) bond motifs is 2. The number of rotatable bonds is 8. The average molecular weight is 742 g/mol. The first-order chi connectivity index (χ1) is 25.0. The first-order valence-electron chi connectivity index (χ1n) is 19.3. The second-order valence-corrected chi connectivity index (χ2v) is 16.3. The van der Waals surface area contributed by atoms with E-state index in [1.807, 2.05) is 90.2 Å². The lowest BCUT2D eigenvalue weighted by Crippen LogP contribution is -2.60. The second kappa shape index (κ2) is 17.0. The van der Waals surface area contributed by atoms with Crippen LogP contribution in [0.1, 0.15) is 80.2 Å².